The van der Waals surface area contributed by atoms with E-state index in [1.807, 2.05) is 0 Å². The van der Waals surface area contributed by atoms with Gasteiger partial charge in [0.2, 0.25) is 0 Å². The fourth-order valence-electron chi connectivity index (χ4n) is 5.69. The van der Waals surface area contributed by atoms with Crippen LogP contribution in [-0.2, 0) is 0 Å². The van der Waals surface area contributed by atoms with Crippen molar-refractivity contribution in [1.82, 2.24) is 20.0 Å². The molecule has 0 aromatic carbocycles. The van der Waals surface area contributed by atoms with E-state index in [9.17, 15) is 13.6 Å². The number of fused-ring (bicyclic) bond motifs is 1. The molecule has 2 saturated carbocycles. The number of carbonyl (C=O) groups excluding carboxylic acids is 1. The summed E-state index contributed by atoms with van der Waals surface area (Å²) in [5.41, 5.74) is 0. The molecule has 2 aliphatic heterocycles. The monoisotopic (exact) mass is 398 g/mol. The van der Waals surface area contributed by atoms with Crippen molar-refractivity contribution in [3.8, 4) is 0 Å². The number of hydrogen-bond donors (Lipinski definition) is 1. The zero-order valence-electron chi connectivity index (χ0n) is 17.4. The molecule has 2 unspecified atom stereocenters. The van der Waals surface area contributed by atoms with E-state index in [0.717, 1.165) is 51.5 Å². The Bertz CT molecular complexity index is 565. The van der Waals surface area contributed by atoms with Crippen molar-refractivity contribution in [2.24, 2.45) is 11.8 Å². The number of amides is 2. The highest BCUT2D eigenvalue weighted by Gasteiger charge is 2.50. The Morgan fingerprint density at radius 1 is 1.00 bits per heavy atom. The summed E-state index contributed by atoms with van der Waals surface area (Å²) in [5.74, 6) is -1.49. The third kappa shape index (κ3) is 4.02. The molecule has 0 aromatic rings. The lowest BCUT2D eigenvalue weighted by Crippen LogP contribution is -2.66. The highest BCUT2D eigenvalue weighted by atomic mass is 19.3. The van der Waals surface area contributed by atoms with Gasteiger partial charge in [0, 0.05) is 57.8 Å². The Hall–Kier alpha value is -0.950. The van der Waals surface area contributed by atoms with E-state index in [1.165, 1.54) is 12.8 Å². The first-order chi connectivity index (χ1) is 13.3. The molecule has 2 aliphatic carbocycles. The summed E-state index contributed by atoms with van der Waals surface area (Å²) in [6.07, 6.45) is 4.63. The number of piperidine rings is 1. The number of likely N-dealkylation sites (tertiary alicyclic amines) is 1. The molecule has 5 nitrogen and oxygen atoms in total. The summed E-state index contributed by atoms with van der Waals surface area (Å²) in [5, 5.41) is 2.80. The van der Waals surface area contributed by atoms with Crippen LogP contribution in [0.5, 0.6) is 0 Å². The topological polar surface area (TPSA) is 38.8 Å². The van der Waals surface area contributed by atoms with Crippen LogP contribution in [0.2, 0.25) is 0 Å². The quantitative estimate of drug-likeness (QED) is 0.794. The van der Waals surface area contributed by atoms with Crippen LogP contribution in [-0.4, -0.2) is 84.0 Å². The minimum absolute atomic E-state index is 0.120. The molecule has 2 amide bonds. The van der Waals surface area contributed by atoms with Crippen LogP contribution in [0.25, 0.3) is 0 Å². The van der Waals surface area contributed by atoms with Gasteiger partial charge in [-0.15, -0.1) is 0 Å². The Morgan fingerprint density at radius 3 is 2.32 bits per heavy atom. The number of halogens is 2. The van der Waals surface area contributed by atoms with Gasteiger partial charge < -0.3 is 10.2 Å². The lowest BCUT2D eigenvalue weighted by Gasteiger charge is -2.49. The highest BCUT2D eigenvalue weighted by Crippen LogP contribution is 2.41. The Morgan fingerprint density at radius 2 is 1.71 bits per heavy atom. The van der Waals surface area contributed by atoms with Gasteiger partial charge >= 0.3 is 6.03 Å². The van der Waals surface area contributed by atoms with Crippen LogP contribution in [0.3, 0.4) is 0 Å². The second-order valence-electron chi connectivity index (χ2n) is 9.65. The van der Waals surface area contributed by atoms with Gasteiger partial charge in [-0.25, -0.2) is 13.6 Å². The summed E-state index contributed by atoms with van der Waals surface area (Å²) in [7, 11) is 0. The van der Waals surface area contributed by atoms with Crippen LogP contribution in [0.15, 0.2) is 0 Å². The van der Waals surface area contributed by atoms with Crippen molar-refractivity contribution in [3.63, 3.8) is 0 Å². The standard InChI is InChI=1S/C21H36F2N4O/c1-15(2)25-10-12-26(13-11-25)18-4-3-8-21(22,23)19(18)24-20(28)27-9-7-16-5-6-17(16)14-27/h15-19H,3-14H2,1-2H3,(H,24,28)/t16?,17?,18-,19+/m0/s1. The van der Waals surface area contributed by atoms with Crippen molar-refractivity contribution >= 4 is 6.03 Å². The molecule has 0 spiro atoms. The fourth-order valence-corrected chi connectivity index (χ4v) is 5.69. The molecule has 4 fully saturated rings. The molecule has 4 aliphatic rings. The number of urea groups is 1. The molecule has 0 aromatic heterocycles. The van der Waals surface area contributed by atoms with E-state index in [0.29, 0.717) is 24.9 Å². The lowest BCUT2D eigenvalue weighted by molar-refractivity contribution is -0.0977. The number of hydrogen-bond acceptors (Lipinski definition) is 3. The molecule has 4 atom stereocenters. The van der Waals surface area contributed by atoms with Gasteiger partial charge in [0.25, 0.3) is 5.92 Å². The molecule has 2 heterocycles. The largest absolute Gasteiger partial charge is 0.328 e. The van der Waals surface area contributed by atoms with E-state index in [2.05, 4.69) is 29.0 Å². The van der Waals surface area contributed by atoms with Crippen molar-refractivity contribution in [2.45, 2.75) is 76.4 Å². The first-order valence-electron chi connectivity index (χ1n) is 11.3. The normalized spacial score (nSPS) is 36.7. The molecular weight excluding hydrogens is 362 g/mol. The maximum Gasteiger partial charge on any atom is 0.317 e. The first kappa shape index (κ1) is 20.3. The third-order valence-electron chi connectivity index (χ3n) is 7.76. The minimum atomic E-state index is -2.83. The predicted octanol–water partition coefficient (Wildman–Crippen LogP) is 3.01. The van der Waals surface area contributed by atoms with Crippen LogP contribution < -0.4 is 5.32 Å². The zero-order chi connectivity index (χ0) is 19.9. The number of piperazine rings is 1. The summed E-state index contributed by atoms with van der Waals surface area (Å²) in [6.45, 7) is 9.25. The third-order valence-corrected chi connectivity index (χ3v) is 7.76. The van der Waals surface area contributed by atoms with E-state index in [-0.39, 0.29) is 18.5 Å². The molecule has 2 saturated heterocycles. The fraction of sp³-hybridized carbons (Fsp3) is 0.952. The van der Waals surface area contributed by atoms with Crippen molar-refractivity contribution in [2.75, 3.05) is 39.3 Å². The Kier molecular flexibility index (Phi) is 5.85. The SMILES string of the molecule is CC(C)N1CCN([C@H]2CCCC(F)(F)[C@@H]2NC(=O)N2CCC3CCC3C2)CC1. The highest BCUT2D eigenvalue weighted by molar-refractivity contribution is 5.75. The van der Waals surface area contributed by atoms with Gasteiger partial charge in [0.15, 0.2) is 0 Å². The minimum Gasteiger partial charge on any atom is -0.328 e. The van der Waals surface area contributed by atoms with Crippen LogP contribution >= 0.6 is 0 Å². The number of rotatable bonds is 3. The molecule has 1 N–H and O–H groups in total. The van der Waals surface area contributed by atoms with Gasteiger partial charge in [-0.3, -0.25) is 9.80 Å². The molecule has 160 valence electrons. The second kappa shape index (κ2) is 8.05. The van der Waals surface area contributed by atoms with Crippen molar-refractivity contribution < 1.29 is 13.6 Å². The smallest absolute Gasteiger partial charge is 0.317 e. The van der Waals surface area contributed by atoms with Gasteiger partial charge in [-0.05, 0) is 57.8 Å². The molecule has 0 radical (unpaired) electrons. The summed E-state index contributed by atoms with van der Waals surface area (Å²) in [6, 6.07) is -1.12. The Balaban J connectivity index is 1.40. The number of carbonyl (C=O) groups is 1. The van der Waals surface area contributed by atoms with Gasteiger partial charge in [0.1, 0.15) is 6.04 Å². The van der Waals surface area contributed by atoms with Gasteiger partial charge in [0.05, 0.1) is 0 Å². The van der Waals surface area contributed by atoms with Crippen LogP contribution in [0.1, 0.15) is 52.4 Å². The average molecular weight is 399 g/mol. The molecule has 4 rings (SSSR count). The summed E-state index contributed by atoms with van der Waals surface area (Å²) in [4.78, 5) is 19.2. The molecule has 28 heavy (non-hydrogen) atoms. The molecule has 7 heteroatoms. The van der Waals surface area contributed by atoms with E-state index >= 15 is 0 Å². The Labute approximate surface area is 167 Å². The number of alkyl halides is 2. The van der Waals surface area contributed by atoms with Crippen LogP contribution in [0.4, 0.5) is 13.6 Å². The van der Waals surface area contributed by atoms with E-state index in [1.54, 1.807) is 4.90 Å². The predicted molar refractivity (Wildman–Crippen MR) is 106 cm³/mol. The van der Waals surface area contributed by atoms with Crippen molar-refractivity contribution in [3.05, 3.63) is 0 Å². The number of nitrogens with zero attached hydrogens (tertiary/aromatic N) is 3. The average Bonchev–Trinajstić information content (AvgIpc) is 2.64. The van der Waals surface area contributed by atoms with Crippen molar-refractivity contribution in [1.29, 1.82) is 0 Å². The maximum atomic E-state index is 14.9. The zero-order valence-corrected chi connectivity index (χ0v) is 17.4. The number of nitrogens with one attached hydrogen (secondary N) is 1. The van der Waals surface area contributed by atoms with Gasteiger partial charge in [-0.1, -0.05) is 0 Å². The summed E-state index contributed by atoms with van der Waals surface area (Å²) >= 11 is 0. The lowest BCUT2D eigenvalue weighted by atomic mass is 9.70. The van der Waals surface area contributed by atoms with E-state index in [4.69, 9.17) is 0 Å². The second-order valence-corrected chi connectivity index (χ2v) is 9.65. The maximum absolute atomic E-state index is 14.9. The first-order valence-corrected chi connectivity index (χ1v) is 11.3. The molecular formula is C21H36F2N4O. The van der Waals surface area contributed by atoms with E-state index < -0.39 is 12.0 Å². The van der Waals surface area contributed by atoms with Gasteiger partial charge in [-0.2, -0.15) is 0 Å². The van der Waals surface area contributed by atoms with Crippen LogP contribution in [0, 0.1) is 11.8 Å². The summed E-state index contributed by atoms with van der Waals surface area (Å²) < 4.78 is 29.8. The molecule has 0 bridgehead atoms.